The van der Waals surface area contributed by atoms with E-state index in [4.69, 9.17) is 9.47 Å². The molecule has 26 heavy (non-hydrogen) atoms. The summed E-state index contributed by atoms with van der Waals surface area (Å²) >= 11 is 0. The van der Waals surface area contributed by atoms with Gasteiger partial charge in [0.1, 0.15) is 11.5 Å². The first-order chi connectivity index (χ1) is 12.6. The number of hydrogen-bond acceptors (Lipinski definition) is 4. The quantitative estimate of drug-likeness (QED) is 0.773. The number of nitrogens with one attached hydrogen (secondary N) is 2. The predicted molar refractivity (Wildman–Crippen MR) is 100.0 cm³/mol. The van der Waals surface area contributed by atoms with Crippen LogP contribution in [0.1, 0.15) is 37.0 Å². The van der Waals surface area contributed by atoms with E-state index < -0.39 is 6.10 Å². The number of amides is 2. The highest BCUT2D eigenvalue weighted by Gasteiger charge is 2.23. The molecule has 136 valence electrons. The average molecular weight is 354 g/mol. The first kappa shape index (κ1) is 17.8. The molecule has 0 aliphatic carbocycles. The summed E-state index contributed by atoms with van der Waals surface area (Å²) < 4.78 is 11.1. The smallest absolute Gasteiger partial charge is 0.265 e. The van der Waals surface area contributed by atoms with Gasteiger partial charge in [-0.1, -0.05) is 19.4 Å². The predicted octanol–water partition coefficient (Wildman–Crippen LogP) is 3.84. The number of hydrogen-bond donors (Lipinski definition) is 2. The van der Waals surface area contributed by atoms with Crippen LogP contribution in [0.5, 0.6) is 11.5 Å². The molecule has 0 saturated heterocycles. The van der Waals surface area contributed by atoms with E-state index >= 15 is 0 Å². The van der Waals surface area contributed by atoms with Crippen LogP contribution in [-0.4, -0.2) is 24.5 Å². The second kappa shape index (κ2) is 7.91. The van der Waals surface area contributed by atoms with Crippen LogP contribution in [0.3, 0.4) is 0 Å². The summed E-state index contributed by atoms with van der Waals surface area (Å²) in [6.07, 6.45) is 1.49. The SMILES string of the molecule is CCCCOc1cccc(C(=O)Nc2ccc3c(c2)NC(=O)C(C)O3)c1. The van der Waals surface area contributed by atoms with Crippen LogP contribution in [0.4, 0.5) is 11.4 Å². The van der Waals surface area contributed by atoms with Crippen molar-refractivity contribution in [3.63, 3.8) is 0 Å². The van der Waals surface area contributed by atoms with Gasteiger partial charge in [-0.25, -0.2) is 0 Å². The van der Waals surface area contributed by atoms with Gasteiger partial charge >= 0.3 is 0 Å². The molecule has 1 heterocycles. The van der Waals surface area contributed by atoms with Crippen LogP contribution in [0, 0.1) is 0 Å². The van der Waals surface area contributed by atoms with E-state index in [9.17, 15) is 9.59 Å². The molecular formula is C20H22N2O4. The molecule has 0 saturated carbocycles. The minimum absolute atomic E-state index is 0.210. The summed E-state index contributed by atoms with van der Waals surface area (Å²) in [6.45, 7) is 4.41. The van der Waals surface area contributed by atoms with Crippen molar-refractivity contribution < 1.29 is 19.1 Å². The maximum Gasteiger partial charge on any atom is 0.265 e. The number of rotatable bonds is 6. The molecule has 0 radical (unpaired) electrons. The Balaban J connectivity index is 1.69. The van der Waals surface area contributed by atoms with Gasteiger partial charge in [0.25, 0.3) is 11.8 Å². The number of anilines is 2. The standard InChI is InChI=1S/C20H22N2O4/c1-3-4-10-25-16-7-5-6-14(11-16)20(24)21-15-8-9-18-17(12-15)22-19(23)13(2)26-18/h5-9,11-13H,3-4,10H2,1-2H3,(H,21,24)(H,22,23). The molecule has 0 fully saturated rings. The lowest BCUT2D eigenvalue weighted by molar-refractivity contribution is -0.122. The van der Waals surface area contributed by atoms with Crippen LogP contribution in [0.25, 0.3) is 0 Å². The van der Waals surface area contributed by atoms with Gasteiger partial charge in [0, 0.05) is 11.3 Å². The van der Waals surface area contributed by atoms with Crippen LogP contribution in [0.15, 0.2) is 42.5 Å². The number of carbonyl (C=O) groups excluding carboxylic acids is 2. The van der Waals surface area contributed by atoms with Crippen molar-refractivity contribution in [2.45, 2.75) is 32.8 Å². The third-order valence-electron chi connectivity index (χ3n) is 4.03. The van der Waals surface area contributed by atoms with E-state index in [0.29, 0.717) is 35.0 Å². The lowest BCUT2D eigenvalue weighted by Gasteiger charge is -2.23. The molecule has 1 aliphatic rings. The summed E-state index contributed by atoms with van der Waals surface area (Å²) in [5, 5.41) is 5.59. The summed E-state index contributed by atoms with van der Waals surface area (Å²) in [6, 6.07) is 12.2. The molecular weight excluding hydrogens is 332 g/mol. The van der Waals surface area contributed by atoms with Crippen LogP contribution < -0.4 is 20.1 Å². The van der Waals surface area contributed by atoms with E-state index in [0.717, 1.165) is 12.8 Å². The van der Waals surface area contributed by atoms with Crippen molar-refractivity contribution in [3.05, 3.63) is 48.0 Å². The molecule has 2 amide bonds. The maximum absolute atomic E-state index is 12.5. The fourth-order valence-electron chi connectivity index (χ4n) is 2.55. The molecule has 2 N–H and O–H groups in total. The number of benzene rings is 2. The first-order valence-electron chi connectivity index (χ1n) is 8.72. The van der Waals surface area contributed by atoms with Gasteiger partial charge in [-0.05, 0) is 49.7 Å². The fourth-order valence-corrected chi connectivity index (χ4v) is 2.55. The zero-order valence-electron chi connectivity index (χ0n) is 14.9. The molecule has 1 atom stereocenters. The van der Waals surface area contributed by atoms with Crippen molar-refractivity contribution in [2.24, 2.45) is 0 Å². The van der Waals surface area contributed by atoms with E-state index in [1.54, 1.807) is 43.3 Å². The van der Waals surface area contributed by atoms with Gasteiger partial charge in [0.15, 0.2) is 6.10 Å². The maximum atomic E-state index is 12.5. The van der Waals surface area contributed by atoms with E-state index in [1.807, 2.05) is 6.07 Å². The Morgan fingerprint density at radius 2 is 2.12 bits per heavy atom. The van der Waals surface area contributed by atoms with Crippen molar-refractivity contribution in [2.75, 3.05) is 17.2 Å². The van der Waals surface area contributed by atoms with Crippen LogP contribution in [-0.2, 0) is 4.79 Å². The van der Waals surface area contributed by atoms with Gasteiger partial charge < -0.3 is 20.1 Å². The van der Waals surface area contributed by atoms with Gasteiger partial charge in [0.05, 0.1) is 12.3 Å². The topological polar surface area (TPSA) is 76.7 Å². The number of fused-ring (bicyclic) bond motifs is 1. The van der Waals surface area contributed by atoms with Crippen LogP contribution >= 0.6 is 0 Å². The molecule has 6 heteroatoms. The summed E-state index contributed by atoms with van der Waals surface area (Å²) in [5.41, 5.74) is 1.62. The number of carbonyl (C=O) groups is 2. The summed E-state index contributed by atoms with van der Waals surface area (Å²) in [4.78, 5) is 24.2. The molecule has 0 aromatic heterocycles. The minimum Gasteiger partial charge on any atom is -0.494 e. The van der Waals surface area contributed by atoms with Crippen molar-refractivity contribution >= 4 is 23.2 Å². The normalized spacial score (nSPS) is 15.5. The number of ether oxygens (including phenoxy) is 2. The second-order valence-electron chi connectivity index (χ2n) is 6.14. The molecule has 1 aliphatic heterocycles. The molecule has 2 aromatic rings. The Morgan fingerprint density at radius 3 is 2.92 bits per heavy atom. The van der Waals surface area contributed by atoms with E-state index in [2.05, 4.69) is 17.6 Å². The Morgan fingerprint density at radius 1 is 1.27 bits per heavy atom. The van der Waals surface area contributed by atoms with Crippen LogP contribution in [0.2, 0.25) is 0 Å². The Bertz CT molecular complexity index is 819. The Hall–Kier alpha value is -3.02. The Labute approximate surface area is 152 Å². The molecule has 2 aromatic carbocycles. The molecule has 3 rings (SSSR count). The monoisotopic (exact) mass is 354 g/mol. The molecule has 0 bridgehead atoms. The van der Waals surface area contributed by atoms with Crippen molar-refractivity contribution in [1.29, 1.82) is 0 Å². The van der Waals surface area contributed by atoms with Gasteiger partial charge in [-0.15, -0.1) is 0 Å². The molecule has 6 nitrogen and oxygen atoms in total. The van der Waals surface area contributed by atoms with Gasteiger partial charge in [0.2, 0.25) is 0 Å². The summed E-state index contributed by atoms with van der Waals surface area (Å²) in [7, 11) is 0. The Kier molecular flexibility index (Phi) is 5.41. The lowest BCUT2D eigenvalue weighted by atomic mass is 10.1. The fraction of sp³-hybridized carbons (Fsp3) is 0.300. The minimum atomic E-state index is -0.529. The van der Waals surface area contributed by atoms with Gasteiger partial charge in [-0.3, -0.25) is 9.59 Å². The molecule has 1 unspecified atom stereocenters. The average Bonchev–Trinajstić information content (AvgIpc) is 2.63. The van der Waals surface area contributed by atoms with Crippen molar-refractivity contribution in [1.82, 2.24) is 0 Å². The third-order valence-corrected chi connectivity index (χ3v) is 4.03. The number of unbranched alkanes of at least 4 members (excludes halogenated alkanes) is 1. The van der Waals surface area contributed by atoms with Gasteiger partial charge in [-0.2, -0.15) is 0 Å². The zero-order chi connectivity index (χ0) is 18.5. The second-order valence-corrected chi connectivity index (χ2v) is 6.14. The molecule has 0 spiro atoms. The van der Waals surface area contributed by atoms with E-state index in [-0.39, 0.29) is 11.8 Å². The third kappa shape index (κ3) is 4.14. The largest absolute Gasteiger partial charge is 0.494 e. The van der Waals surface area contributed by atoms with Crippen molar-refractivity contribution in [3.8, 4) is 11.5 Å². The van der Waals surface area contributed by atoms with E-state index in [1.165, 1.54) is 0 Å². The summed E-state index contributed by atoms with van der Waals surface area (Å²) in [5.74, 6) is 0.799. The highest BCUT2D eigenvalue weighted by Crippen LogP contribution is 2.32. The highest BCUT2D eigenvalue weighted by molar-refractivity contribution is 6.05. The highest BCUT2D eigenvalue weighted by atomic mass is 16.5. The lowest BCUT2D eigenvalue weighted by Crippen LogP contribution is -2.34. The first-order valence-corrected chi connectivity index (χ1v) is 8.72. The zero-order valence-corrected chi connectivity index (χ0v) is 14.9.